The van der Waals surface area contributed by atoms with Crippen LogP contribution in [0.4, 0.5) is 0 Å². The molecule has 1 amide bonds. The number of benzene rings is 2. The van der Waals surface area contributed by atoms with E-state index < -0.39 is 0 Å². The molecule has 0 aromatic heterocycles. The van der Waals surface area contributed by atoms with Crippen molar-refractivity contribution in [1.82, 2.24) is 10.2 Å². The van der Waals surface area contributed by atoms with Crippen LogP contribution < -0.4 is 5.32 Å². The van der Waals surface area contributed by atoms with E-state index in [2.05, 4.69) is 17.4 Å². The Labute approximate surface area is 161 Å². The normalized spacial score (nSPS) is 14.9. The summed E-state index contributed by atoms with van der Waals surface area (Å²) >= 11 is 0. The van der Waals surface area contributed by atoms with Crippen molar-refractivity contribution in [3.05, 3.63) is 60.2 Å². The van der Waals surface area contributed by atoms with Crippen molar-refractivity contribution in [2.24, 2.45) is 5.92 Å². The number of amides is 1. The highest BCUT2D eigenvalue weighted by atomic mass is 16.2. The van der Waals surface area contributed by atoms with Gasteiger partial charge in [-0.3, -0.25) is 9.59 Å². The van der Waals surface area contributed by atoms with Gasteiger partial charge in [-0.1, -0.05) is 54.6 Å². The molecule has 0 radical (unpaired) electrons. The summed E-state index contributed by atoms with van der Waals surface area (Å²) in [4.78, 5) is 26.7. The molecule has 1 saturated heterocycles. The number of nitrogens with zero attached hydrogens (tertiary/aromatic N) is 1. The Kier molecular flexibility index (Phi) is 6.77. The number of piperidine rings is 1. The average Bonchev–Trinajstić information content (AvgIpc) is 2.73. The molecule has 2 aromatic carbocycles. The Morgan fingerprint density at radius 3 is 2.19 bits per heavy atom. The Balaban J connectivity index is 1.48. The third-order valence-corrected chi connectivity index (χ3v) is 5.34. The molecular weight excluding hydrogens is 336 g/mol. The molecule has 0 spiro atoms. The van der Waals surface area contributed by atoms with Crippen LogP contribution in [-0.2, 0) is 4.79 Å². The zero-order chi connectivity index (χ0) is 19.1. The van der Waals surface area contributed by atoms with Crippen LogP contribution in [0.3, 0.4) is 0 Å². The van der Waals surface area contributed by atoms with E-state index in [-0.39, 0.29) is 18.1 Å². The second-order valence-electron chi connectivity index (χ2n) is 7.25. The molecule has 1 aliphatic heterocycles. The van der Waals surface area contributed by atoms with Crippen LogP contribution in [0, 0.1) is 5.92 Å². The summed E-state index contributed by atoms with van der Waals surface area (Å²) in [5.74, 6) is 0.795. The number of ketones is 1. The summed E-state index contributed by atoms with van der Waals surface area (Å²) in [7, 11) is 1.97. The number of carbonyl (C=O) groups excluding carboxylic acids is 2. The molecule has 27 heavy (non-hydrogen) atoms. The quantitative estimate of drug-likeness (QED) is 0.761. The largest absolute Gasteiger partial charge is 0.343 e. The second-order valence-corrected chi connectivity index (χ2v) is 7.25. The fourth-order valence-electron chi connectivity index (χ4n) is 3.68. The van der Waals surface area contributed by atoms with E-state index in [1.54, 1.807) is 0 Å². The Bertz CT molecular complexity index is 748. The maximum absolute atomic E-state index is 12.4. The lowest BCUT2D eigenvalue weighted by molar-refractivity contribution is -0.132. The Morgan fingerprint density at radius 2 is 1.56 bits per heavy atom. The van der Waals surface area contributed by atoms with Gasteiger partial charge in [-0.2, -0.15) is 0 Å². The van der Waals surface area contributed by atoms with Gasteiger partial charge in [0.15, 0.2) is 5.78 Å². The number of carbonyl (C=O) groups is 2. The SMILES string of the molecule is CNCC1CCN(C(=O)CCC(=O)c2ccc(-c3ccccc3)cc2)CC1. The zero-order valence-electron chi connectivity index (χ0n) is 16.0. The number of hydrogen-bond acceptors (Lipinski definition) is 3. The third kappa shape index (κ3) is 5.27. The summed E-state index contributed by atoms with van der Waals surface area (Å²) < 4.78 is 0. The fraction of sp³-hybridized carbons (Fsp3) is 0.391. The first-order valence-corrected chi connectivity index (χ1v) is 9.78. The van der Waals surface area contributed by atoms with Crippen molar-refractivity contribution in [2.45, 2.75) is 25.7 Å². The van der Waals surface area contributed by atoms with Crippen molar-refractivity contribution in [3.63, 3.8) is 0 Å². The third-order valence-electron chi connectivity index (χ3n) is 5.34. The lowest BCUT2D eigenvalue weighted by atomic mass is 9.96. The minimum absolute atomic E-state index is 0.0352. The minimum atomic E-state index is 0.0352. The fourth-order valence-corrected chi connectivity index (χ4v) is 3.68. The first-order valence-electron chi connectivity index (χ1n) is 9.78. The maximum atomic E-state index is 12.4. The molecule has 4 nitrogen and oxygen atoms in total. The monoisotopic (exact) mass is 364 g/mol. The van der Waals surface area contributed by atoms with Gasteiger partial charge < -0.3 is 10.2 Å². The van der Waals surface area contributed by atoms with Crippen LogP contribution in [0.25, 0.3) is 11.1 Å². The molecule has 1 N–H and O–H groups in total. The topological polar surface area (TPSA) is 49.4 Å². The Morgan fingerprint density at radius 1 is 0.926 bits per heavy atom. The lowest BCUT2D eigenvalue weighted by Crippen LogP contribution is -2.40. The predicted molar refractivity (Wildman–Crippen MR) is 109 cm³/mol. The first kappa shape index (κ1) is 19.3. The molecule has 3 rings (SSSR count). The van der Waals surface area contributed by atoms with Crippen molar-refractivity contribution >= 4 is 11.7 Å². The summed E-state index contributed by atoms with van der Waals surface area (Å²) in [6.07, 6.45) is 2.67. The van der Waals surface area contributed by atoms with Gasteiger partial charge in [-0.05, 0) is 43.5 Å². The van der Waals surface area contributed by atoms with E-state index in [4.69, 9.17) is 0 Å². The smallest absolute Gasteiger partial charge is 0.223 e. The summed E-state index contributed by atoms with van der Waals surface area (Å²) in [6.45, 7) is 2.63. The van der Waals surface area contributed by atoms with Gasteiger partial charge >= 0.3 is 0 Å². The number of Topliss-reactive ketones (excluding diaryl/α,β-unsaturated/α-hetero) is 1. The van der Waals surface area contributed by atoms with E-state index in [0.717, 1.165) is 43.6 Å². The van der Waals surface area contributed by atoms with E-state index in [1.807, 2.05) is 54.4 Å². The number of rotatable bonds is 7. The predicted octanol–water partition coefficient (Wildman–Crippen LogP) is 3.77. The summed E-state index contributed by atoms with van der Waals surface area (Å²) in [5.41, 5.74) is 2.90. The van der Waals surface area contributed by atoms with Crippen LogP contribution in [0.2, 0.25) is 0 Å². The molecule has 0 bridgehead atoms. The van der Waals surface area contributed by atoms with Gasteiger partial charge in [0.1, 0.15) is 0 Å². The standard InChI is InChI=1S/C23H28N2O2/c1-24-17-18-13-15-25(16-14-18)23(27)12-11-22(26)21-9-7-20(8-10-21)19-5-3-2-4-6-19/h2-10,18,24H,11-17H2,1H3. The van der Waals surface area contributed by atoms with E-state index in [1.165, 1.54) is 0 Å². The van der Waals surface area contributed by atoms with Gasteiger partial charge in [-0.15, -0.1) is 0 Å². The number of likely N-dealkylation sites (tertiary alicyclic amines) is 1. The molecule has 0 saturated carbocycles. The van der Waals surface area contributed by atoms with Crippen LogP contribution in [0.15, 0.2) is 54.6 Å². The molecule has 4 heteroatoms. The van der Waals surface area contributed by atoms with Gasteiger partial charge in [-0.25, -0.2) is 0 Å². The first-order chi connectivity index (χ1) is 13.2. The van der Waals surface area contributed by atoms with Crippen LogP contribution in [0.1, 0.15) is 36.0 Å². The van der Waals surface area contributed by atoms with Crippen LogP contribution >= 0.6 is 0 Å². The summed E-state index contributed by atoms with van der Waals surface area (Å²) in [6, 6.07) is 17.7. The van der Waals surface area contributed by atoms with Crippen LogP contribution in [-0.4, -0.2) is 43.3 Å². The summed E-state index contributed by atoms with van der Waals surface area (Å²) in [5, 5.41) is 3.21. The molecular formula is C23H28N2O2. The highest BCUT2D eigenvalue weighted by Crippen LogP contribution is 2.21. The number of nitrogens with one attached hydrogen (secondary N) is 1. The van der Waals surface area contributed by atoms with Crippen molar-refractivity contribution in [3.8, 4) is 11.1 Å². The molecule has 1 fully saturated rings. The van der Waals surface area contributed by atoms with E-state index >= 15 is 0 Å². The van der Waals surface area contributed by atoms with Gasteiger partial charge in [0.05, 0.1) is 0 Å². The van der Waals surface area contributed by atoms with Crippen molar-refractivity contribution in [1.29, 1.82) is 0 Å². The van der Waals surface area contributed by atoms with E-state index in [0.29, 0.717) is 17.9 Å². The van der Waals surface area contributed by atoms with Gasteiger partial charge in [0, 0.05) is 31.5 Å². The molecule has 0 unspecified atom stereocenters. The Hall–Kier alpha value is -2.46. The van der Waals surface area contributed by atoms with Crippen molar-refractivity contribution in [2.75, 3.05) is 26.7 Å². The number of hydrogen-bond donors (Lipinski definition) is 1. The molecule has 142 valence electrons. The van der Waals surface area contributed by atoms with Crippen molar-refractivity contribution < 1.29 is 9.59 Å². The highest BCUT2D eigenvalue weighted by Gasteiger charge is 2.22. The van der Waals surface area contributed by atoms with E-state index in [9.17, 15) is 9.59 Å². The maximum Gasteiger partial charge on any atom is 0.223 e. The molecule has 1 heterocycles. The molecule has 1 aliphatic rings. The molecule has 0 aliphatic carbocycles. The lowest BCUT2D eigenvalue weighted by Gasteiger charge is -2.32. The van der Waals surface area contributed by atoms with Gasteiger partial charge in [0.25, 0.3) is 0 Å². The molecule has 0 atom stereocenters. The highest BCUT2D eigenvalue weighted by molar-refractivity contribution is 5.98. The molecule has 2 aromatic rings. The average molecular weight is 364 g/mol. The zero-order valence-corrected chi connectivity index (χ0v) is 16.0. The van der Waals surface area contributed by atoms with Gasteiger partial charge in [0.2, 0.25) is 5.91 Å². The van der Waals surface area contributed by atoms with Crippen LogP contribution in [0.5, 0.6) is 0 Å². The minimum Gasteiger partial charge on any atom is -0.343 e. The second kappa shape index (κ2) is 9.47.